The van der Waals surface area contributed by atoms with E-state index >= 15 is 0 Å². The molecule has 0 fully saturated rings. The summed E-state index contributed by atoms with van der Waals surface area (Å²) in [4.78, 5) is 47.0. The molecule has 0 atom stereocenters. The highest BCUT2D eigenvalue weighted by atomic mass is 35.5. The Morgan fingerprint density at radius 2 is 1.05 bits per heavy atom. The molecule has 11 heteroatoms. The van der Waals surface area contributed by atoms with Crippen molar-refractivity contribution in [2.45, 2.75) is 39.5 Å². The summed E-state index contributed by atoms with van der Waals surface area (Å²) in [6, 6.07) is 37.2. The molecular formula is C46H39Cl3N4O4. The maximum atomic E-state index is 12.8. The largest absolute Gasteiger partial charge is 0.399 e. The van der Waals surface area contributed by atoms with E-state index in [-0.39, 0.29) is 17.5 Å². The molecule has 5 N–H and O–H groups in total. The highest BCUT2D eigenvalue weighted by Gasteiger charge is 2.21. The van der Waals surface area contributed by atoms with E-state index in [2.05, 4.69) is 16.0 Å². The predicted molar refractivity (Wildman–Crippen MR) is 234 cm³/mol. The first-order valence-electron chi connectivity index (χ1n) is 18.2. The van der Waals surface area contributed by atoms with Crippen LogP contribution in [-0.4, -0.2) is 22.7 Å². The highest BCUT2D eigenvalue weighted by Crippen LogP contribution is 2.32. The van der Waals surface area contributed by atoms with E-state index in [9.17, 15) is 19.2 Å². The number of allylic oxidation sites excluding steroid dienone is 4. The van der Waals surface area contributed by atoms with Crippen LogP contribution in [0.3, 0.4) is 0 Å². The quantitative estimate of drug-likeness (QED) is 0.0932. The van der Waals surface area contributed by atoms with Crippen molar-refractivity contribution in [3.8, 4) is 0 Å². The fourth-order valence-corrected chi connectivity index (χ4v) is 7.05. The number of nitrogens with two attached hydrogens (primary N) is 1. The number of Topliss-reactive ketones (excluding diaryl/α,β-unsaturated/α-hetero) is 2. The van der Waals surface area contributed by atoms with Crippen molar-refractivity contribution in [3.63, 3.8) is 0 Å². The number of anilines is 4. The molecular weight excluding hydrogens is 779 g/mol. The van der Waals surface area contributed by atoms with Gasteiger partial charge in [-0.05, 0) is 108 Å². The van der Waals surface area contributed by atoms with Crippen LogP contribution in [0.25, 0.3) is 21.5 Å². The molecule has 0 heterocycles. The average Bonchev–Trinajstić information content (AvgIpc) is 3.71. The third-order valence-electron chi connectivity index (χ3n) is 9.77. The minimum absolute atomic E-state index is 0.152. The van der Waals surface area contributed by atoms with E-state index in [1.807, 2.05) is 92.7 Å². The lowest BCUT2D eigenvalue weighted by Crippen LogP contribution is -2.12. The monoisotopic (exact) mass is 816 g/mol. The number of hydrogen-bond donors (Lipinski definition) is 4. The molecule has 0 aliphatic heterocycles. The van der Waals surface area contributed by atoms with Crippen molar-refractivity contribution in [1.82, 2.24) is 0 Å². The van der Waals surface area contributed by atoms with Crippen LogP contribution in [0.5, 0.6) is 0 Å². The third-order valence-corrected chi connectivity index (χ3v) is 10.6. The number of nitrogens with one attached hydrogen (secondary N) is 3. The summed E-state index contributed by atoms with van der Waals surface area (Å²) >= 11 is 17.8. The van der Waals surface area contributed by atoms with Crippen molar-refractivity contribution in [2.24, 2.45) is 0 Å². The number of halogens is 3. The van der Waals surface area contributed by atoms with Gasteiger partial charge in [0.2, 0.25) is 0 Å². The summed E-state index contributed by atoms with van der Waals surface area (Å²) in [6.07, 6.45) is 2.51. The van der Waals surface area contributed by atoms with E-state index in [1.165, 1.54) is 0 Å². The van der Waals surface area contributed by atoms with Gasteiger partial charge < -0.3 is 21.7 Å². The van der Waals surface area contributed by atoms with Crippen LogP contribution in [0.15, 0.2) is 144 Å². The van der Waals surface area contributed by atoms with Gasteiger partial charge in [-0.1, -0.05) is 96.0 Å². The number of amides is 1. The van der Waals surface area contributed by atoms with Crippen molar-refractivity contribution < 1.29 is 19.2 Å². The van der Waals surface area contributed by atoms with Crippen LogP contribution in [0.1, 0.15) is 60.2 Å². The maximum absolute atomic E-state index is 12.8. The highest BCUT2D eigenvalue weighted by molar-refractivity contribution is 6.68. The fourth-order valence-electron chi connectivity index (χ4n) is 6.56. The first-order chi connectivity index (χ1) is 27.4. The number of nitrogen functional groups attached to an aromatic ring is 1. The number of carbonyl (C=O) groups is 4. The number of ketones is 2. The Morgan fingerprint density at radius 3 is 1.58 bits per heavy atom. The number of benzene rings is 6. The first-order valence-corrected chi connectivity index (χ1v) is 19.3. The maximum Gasteiger partial charge on any atom is 0.256 e. The second-order valence-electron chi connectivity index (χ2n) is 13.5. The molecule has 0 aromatic heterocycles. The summed E-state index contributed by atoms with van der Waals surface area (Å²) in [6.45, 7) is 3.65. The molecule has 0 bridgehead atoms. The molecule has 0 saturated heterocycles. The molecule has 0 saturated carbocycles. The van der Waals surface area contributed by atoms with Gasteiger partial charge in [0.1, 0.15) is 0 Å². The second kappa shape index (κ2) is 18.3. The zero-order chi connectivity index (χ0) is 40.6. The minimum Gasteiger partial charge on any atom is -0.399 e. The van der Waals surface area contributed by atoms with Gasteiger partial charge >= 0.3 is 0 Å². The van der Waals surface area contributed by atoms with Gasteiger partial charge in [0.25, 0.3) is 11.1 Å². The summed E-state index contributed by atoms with van der Waals surface area (Å²) in [5.74, 6) is 0.165. The lowest BCUT2D eigenvalue weighted by Gasteiger charge is -2.13. The van der Waals surface area contributed by atoms with Crippen molar-refractivity contribution in [1.29, 1.82) is 0 Å². The summed E-state index contributed by atoms with van der Waals surface area (Å²) in [5.41, 5.74) is 12.9. The van der Waals surface area contributed by atoms with Crippen LogP contribution < -0.4 is 21.7 Å². The van der Waals surface area contributed by atoms with Gasteiger partial charge in [0, 0.05) is 57.9 Å². The Hall–Kier alpha value is -5.93. The van der Waals surface area contributed by atoms with Crippen molar-refractivity contribution in [2.75, 3.05) is 21.7 Å². The Bertz CT molecular complexity index is 2610. The van der Waals surface area contributed by atoms with E-state index in [1.54, 1.807) is 42.5 Å². The summed E-state index contributed by atoms with van der Waals surface area (Å²) < 4.78 is 0. The van der Waals surface area contributed by atoms with Crippen molar-refractivity contribution >= 4 is 102 Å². The van der Waals surface area contributed by atoms with Gasteiger partial charge in [0.05, 0.1) is 21.4 Å². The molecule has 1 amide bonds. The summed E-state index contributed by atoms with van der Waals surface area (Å²) in [7, 11) is 0. The van der Waals surface area contributed by atoms with E-state index in [4.69, 9.17) is 40.5 Å². The summed E-state index contributed by atoms with van der Waals surface area (Å²) in [5, 5.41) is 14.0. The molecule has 57 heavy (non-hydrogen) atoms. The number of rotatable bonds is 7. The molecule has 6 aromatic rings. The van der Waals surface area contributed by atoms with Gasteiger partial charge in [-0.25, -0.2) is 0 Å². The minimum atomic E-state index is -0.406. The third kappa shape index (κ3) is 9.91. The zero-order valence-electron chi connectivity index (χ0n) is 31.2. The number of hydrogen-bond acceptors (Lipinski definition) is 7. The lowest BCUT2D eigenvalue weighted by atomic mass is 10.0. The topological polar surface area (TPSA) is 130 Å². The lowest BCUT2D eigenvalue weighted by molar-refractivity contribution is -0.115. The van der Waals surface area contributed by atoms with E-state index in [0.29, 0.717) is 57.5 Å². The molecule has 8 nitrogen and oxygen atoms in total. The number of carbonyl (C=O) groups excluding carboxylic acids is 4. The predicted octanol–water partition coefficient (Wildman–Crippen LogP) is 12.0. The normalized spacial score (nSPS) is 13.6. The molecule has 8 rings (SSSR count). The van der Waals surface area contributed by atoms with Crippen molar-refractivity contribution in [3.05, 3.63) is 165 Å². The Labute approximate surface area is 345 Å². The van der Waals surface area contributed by atoms with Crippen LogP contribution in [-0.2, 0) is 9.59 Å². The molecule has 2 aliphatic carbocycles. The Kier molecular flexibility index (Phi) is 13.1. The average molecular weight is 818 g/mol. The Balaban J connectivity index is 0.000000160. The molecule has 288 valence electrons. The van der Waals surface area contributed by atoms with Crippen LogP contribution in [0.4, 0.5) is 22.7 Å². The van der Waals surface area contributed by atoms with Gasteiger partial charge in [-0.15, -0.1) is 0 Å². The molecule has 2 aliphatic rings. The standard InChI is InChI=1S/C23H19ClN2O2.C12H13ClN2O.C11H7ClO/c1-14-20(11-12-22(14)27)26-21-13-16(9-10-19(21)24)25-23(28)18-8-4-6-15-5-2-3-7-17(15)18;1-7-10(4-5-12(7)16)15-11-6-8(14)2-3-9(11)13;12-11(13)10-7-3-5-8-4-1-2-6-9(8)10/h2-10,13,26H,11-12H2,1H3,(H,25,28);2-3,6,15H,4-5,14H2,1H3;1-7H. The van der Waals surface area contributed by atoms with E-state index < -0.39 is 5.24 Å². The molecule has 0 spiro atoms. The second-order valence-corrected chi connectivity index (χ2v) is 14.7. The van der Waals surface area contributed by atoms with Gasteiger partial charge in [0.15, 0.2) is 11.6 Å². The van der Waals surface area contributed by atoms with Gasteiger partial charge in [-0.3, -0.25) is 19.2 Å². The Morgan fingerprint density at radius 1 is 0.579 bits per heavy atom. The van der Waals surface area contributed by atoms with Crippen LogP contribution in [0, 0.1) is 0 Å². The van der Waals surface area contributed by atoms with E-state index in [0.717, 1.165) is 56.2 Å². The first kappa shape index (κ1) is 40.7. The zero-order valence-corrected chi connectivity index (χ0v) is 33.5. The number of fused-ring (bicyclic) bond motifs is 2. The SMILES string of the molecule is CC1=C(Nc2cc(N)ccc2Cl)CCC1=O.CC1=C(Nc2cc(NC(=O)c3cccc4ccccc34)ccc2Cl)CCC1=O.O=C(Cl)c1cccc2ccccc12. The smallest absolute Gasteiger partial charge is 0.256 e. The van der Waals surface area contributed by atoms with Gasteiger partial charge in [-0.2, -0.15) is 0 Å². The molecule has 0 radical (unpaired) electrons. The fraction of sp³-hybridized carbons (Fsp3) is 0.130. The molecule has 0 unspecified atom stereocenters. The van der Waals surface area contributed by atoms with Crippen LogP contribution in [0.2, 0.25) is 10.0 Å². The van der Waals surface area contributed by atoms with Crippen LogP contribution >= 0.6 is 34.8 Å². The molecule has 6 aromatic carbocycles.